The van der Waals surface area contributed by atoms with E-state index in [-0.39, 0.29) is 6.47 Å². The predicted octanol–water partition coefficient (Wildman–Crippen LogP) is 4.98. The number of hydrogen-bond donors (Lipinski definition) is 1. The molecule has 0 heterocycles. The molecule has 1 aliphatic carbocycles. The van der Waals surface area contributed by atoms with Gasteiger partial charge < -0.3 is 5.11 Å². The Labute approximate surface area is 108 Å². The van der Waals surface area contributed by atoms with Gasteiger partial charge in [0.2, 0.25) is 0 Å². The molecule has 0 saturated heterocycles. The fraction of sp³-hybridized carbons (Fsp3) is 0.933. The van der Waals surface area contributed by atoms with E-state index in [9.17, 15) is 0 Å². The summed E-state index contributed by atoms with van der Waals surface area (Å²) in [5.41, 5.74) is 0.570. The first-order valence-electron chi connectivity index (χ1n) is 7.04. The molecule has 0 unspecified atom stereocenters. The Morgan fingerprint density at radius 3 is 1.76 bits per heavy atom. The summed E-state index contributed by atoms with van der Waals surface area (Å²) in [5, 5.41) is 6.89. The van der Waals surface area contributed by atoms with Crippen LogP contribution in [0, 0.1) is 17.3 Å². The highest BCUT2D eigenvalue weighted by Gasteiger charge is 2.32. The van der Waals surface area contributed by atoms with Crippen molar-refractivity contribution in [2.75, 3.05) is 0 Å². The van der Waals surface area contributed by atoms with Gasteiger partial charge in [-0.05, 0) is 30.1 Å². The van der Waals surface area contributed by atoms with Crippen molar-refractivity contribution in [3.8, 4) is 0 Å². The second kappa shape index (κ2) is 10.6. The quantitative estimate of drug-likeness (QED) is 0.696. The van der Waals surface area contributed by atoms with Gasteiger partial charge in [0.05, 0.1) is 0 Å². The molecule has 0 aromatic rings. The highest BCUT2D eigenvalue weighted by Crippen LogP contribution is 2.42. The van der Waals surface area contributed by atoms with Crippen LogP contribution in [0.3, 0.4) is 0 Å². The molecule has 0 aliphatic heterocycles. The van der Waals surface area contributed by atoms with E-state index in [0.29, 0.717) is 5.41 Å². The van der Waals surface area contributed by atoms with Crippen LogP contribution in [0.2, 0.25) is 0 Å². The van der Waals surface area contributed by atoms with E-state index in [4.69, 9.17) is 9.90 Å². The maximum absolute atomic E-state index is 8.36. The fourth-order valence-corrected chi connectivity index (χ4v) is 2.32. The summed E-state index contributed by atoms with van der Waals surface area (Å²) in [5.74, 6) is 1.83. The molecular formula is C15H32O2. The van der Waals surface area contributed by atoms with Crippen LogP contribution in [-0.2, 0) is 4.79 Å². The molecule has 2 heteroatoms. The second-order valence-corrected chi connectivity index (χ2v) is 5.42. The average molecular weight is 244 g/mol. The summed E-state index contributed by atoms with van der Waals surface area (Å²) in [6, 6.07) is 0. The lowest BCUT2D eigenvalue weighted by atomic mass is 9.65. The highest BCUT2D eigenvalue weighted by molar-refractivity contribution is 5.32. The Kier molecular flexibility index (Phi) is 11.8. The third kappa shape index (κ3) is 7.40. The zero-order chi connectivity index (χ0) is 13.9. The smallest absolute Gasteiger partial charge is 0.290 e. The van der Waals surface area contributed by atoms with Crippen molar-refractivity contribution in [2.45, 2.75) is 73.6 Å². The van der Waals surface area contributed by atoms with Crippen molar-refractivity contribution < 1.29 is 9.90 Å². The van der Waals surface area contributed by atoms with Crippen LogP contribution >= 0.6 is 0 Å². The SMILES string of the molecule is CC.CC(C)C(C)(C)C1CCCCC1.O=CO. The average Bonchev–Trinajstić information content (AvgIpc) is 2.33. The molecule has 0 aromatic heterocycles. The molecule has 0 atom stereocenters. The lowest BCUT2D eigenvalue weighted by Crippen LogP contribution is -2.31. The van der Waals surface area contributed by atoms with Crippen molar-refractivity contribution in [2.24, 2.45) is 17.3 Å². The molecule has 0 spiro atoms. The Hall–Kier alpha value is -0.530. The largest absolute Gasteiger partial charge is 0.483 e. The monoisotopic (exact) mass is 244 g/mol. The van der Waals surface area contributed by atoms with Crippen LogP contribution in [-0.4, -0.2) is 11.6 Å². The van der Waals surface area contributed by atoms with Crippen LogP contribution < -0.4 is 0 Å². The van der Waals surface area contributed by atoms with Gasteiger partial charge in [0.15, 0.2) is 0 Å². The Balaban J connectivity index is 0. The lowest BCUT2D eigenvalue weighted by Gasteiger charge is -2.40. The molecule has 104 valence electrons. The van der Waals surface area contributed by atoms with Crippen molar-refractivity contribution in [1.82, 2.24) is 0 Å². The lowest BCUT2D eigenvalue weighted by molar-refractivity contribution is -0.122. The van der Waals surface area contributed by atoms with Gasteiger partial charge in [-0.25, -0.2) is 0 Å². The first kappa shape index (κ1) is 18.8. The van der Waals surface area contributed by atoms with Gasteiger partial charge in [0.1, 0.15) is 0 Å². The number of rotatable bonds is 2. The molecule has 0 radical (unpaired) electrons. The molecule has 0 bridgehead atoms. The molecule has 1 saturated carbocycles. The number of carbonyl (C=O) groups is 1. The number of carboxylic acid groups (broad SMARTS) is 1. The van der Waals surface area contributed by atoms with Crippen molar-refractivity contribution in [3.05, 3.63) is 0 Å². The molecule has 1 fully saturated rings. The van der Waals surface area contributed by atoms with Gasteiger partial charge in [-0.15, -0.1) is 0 Å². The summed E-state index contributed by atoms with van der Waals surface area (Å²) in [4.78, 5) is 8.36. The minimum Gasteiger partial charge on any atom is -0.483 e. The Morgan fingerprint density at radius 2 is 1.47 bits per heavy atom. The van der Waals surface area contributed by atoms with Crippen molar-refractivity contribution in [1.29, 1.82) is 0 Å². The van der Waals surface area contributed by atoms with Gasteiger partial charge in [-0.2, -0.15) is 0 Å². The zero-order valence-corrected chi connectivity index (χ0v) is 12.6. The van der Waals surface area contributed by atoms with Crippen LogP contribution in [0.15, 0.2) is 0 Å². The fourth-order valence-electron chi connectivity index (χ4n) is 2.32. The van der Waals surface area contributed by atoms with Gasteiger partial charge in [-0.1, -0.05) is 60.8 Å². The van der Waals surface area contributed by atoms with Crippen molar-refractivity contribution >= 4 is 6.47 Å². The van der Waals surface area contributed by atoms with Gasteiger partial charge in [-0.3, -0.25) is 4.79 Å². The molecule has 0 aromatic carbocycles. The minimum absolute atomic E-state index is 0.250. The molecule has 17 heavy (non-hydrogen) atoms. The van der Waals surface area contributed by atoms with Crippen LogP contribution in [0.4, 0.5) is 0 Å². The van der Waals surface area contributed by atoms with E-state index < -0.39 is 0 Å². The summed E-state index contributed by atoms with van der Waals surface area (Å²) in [7, 11) is 0. The highest BCUT2D eigenvalue weighted by atomic mass is 16.3. The molecular weight excluding hydrogens is 212 g/mol. The van der Waals surface area contributed by atoms with E-state index in [2.05, 4.69) is 27.7 Å². The number of hydrogen-bond acceptors (Lipinski definition) is 1. The first-order valence-corrected chi connectivity index (χ1v) is 7.04. The van der Waals surface area contributed by atoms with Gasteiger partial charge in [0, 0.05) is 0 Å². The molecule has 2 nitrogen and oxygen atoms in total. The van der Waals surface area contributed by atoms with Crippen molar-refractivity contribution in [3.63, 3.8) is 0 Å². The predicted molar refractivity (Wildman–Crippen MR) is 75.2 cm³/mol. The third-order valence-electron chi connectivity index (χ3n) is 4.15. The second-order valence-electron chi connectivity index (χ2n) is 5.42. The Morgan fingerprint density at radius 1 is 1.12 bits per heavy atom. The van der Waals surface area contributed by atoms with E-state index >= 15 is 0 Å². The van der Waals surface area contributed by atoms with E-state index in [1.165, 1.54) is 32.1 Å². The molecule has 1 N–H and O–H groups in total. The van der Waals surface area contributed by atoms with Crippen LogP contribution in [0.25, 0.3) is 0 Å². The van der Waals surface area contributed by atoms with Gasteiger partial charge >= 0.3 is 0 Å². The van der Waals surface area contributed by atoms with E-state index in [0.717, 1.165) is 11.8 Å². The standard InChI is InChI=1S/C12H24.C2H6.CH2O2/c1-10(2)12(3,4)11-8-6-5-7-9-11;1-2;2-1-3/h10-11H,5-9H2,1-4H3;1-2H3;1H,(H,2,3). The minimum atomic E-state index is -0.250. The normalized spacial score (nSPS) is 16.4. The molecule has 1 aliphatic rings. The Bertz CT molecular complexity index is 168. The molecule has 0 amide bonds. The third-order valence-corrected chi connectivity index (χ3v) is 4.15. The molecule has 1 rings (SSSR count). The maximum Gasteiger partial charge on any atom is 0.290 e. The maximum atomic E-state index is 8.36. The summed E-state index contributed by atoms with van der Waals surface area (Å²) >= 11 is 0. The first-order chi connectivity index (χ1) is 7.96. The zero-order valence-electron chi connectivity index (χ0n) is 12.6. The topological polar surface area (TPSA) is 37.3 Å². The van der Waals surface area contributed by atoms with Crippen LogP contribution in [0.5, 0.6) is 0 Å². The van der Waals surface area contributed by atoms with E-state index in [1.54, 1.807) is 0 Å². The summed E-state index contributed by atoms with van der Waals surface area (Å²) in [6.07, 6.45) is 7.38. The summed E-state index contributed by atoms with van der Waals surface area (Å²) in [6.45, 7) is 13.4. The summed E-state index contributed by atoms with van der Waals surface area (Å²) < 4.78 is 0. The van der Waals surface area contributed by atoms with E-state index in [1.807, 2.05) is 13.8 Å². The van der Waals surface area contributed by atoms with Crippen LogP contribution in [0.1, 0.15) is 73.6 Å². The van der Waals surface area contributed by atoms with Gasteiger partial charge in [0.25, 0.3) is 6.47 Å².